The molecule has 0 aliphatic carbocycles. The van der Waals surface area contributed by atoms with Crippen molar-refractivity contribution in [2.45, 2.75) is 77.7 Å². The number of hydrogen-bond acceptors (Lipinski definition) is 2. The lowest BCUT2D eigenvalue weighted by Crippen LogP contribution is -2.40. The van der Waals surface area contributed by atoms with E-state index >= 15 is 0 Å². The number of benzene rings is 1. The Labute approximate surface area is 162 Å². The summed E-state index contributed by atoms with van der Waals surface area (Å²) >= 11 is 0. The average molecular weight is 365 g/mol. The van der Waals surface area contributed by atoms with Gasteiger partial charge in [-0.05, 0) is 30.7 Å². The molecule has 0 aromatic heterocycles. The standard InChI is InChI=1S/C23H42NO2/c1-4-5-6-7-8-9-10-11-12-13-20-26-23-16-14-22(15-17-23)21-24(2,3)18-19-25/h14-17,25H,4-13,18-21H2,1-3H3/q+1. The van der Waals surface area contributed by atoms with Crippen LogP contribution in [-0.4, -0.2) is 43.4 Å². The Balaban J connectivity index is 2.06. The van der Waals surface area contributed by atoms with Crippen molar-refractivity contribution in [1.82, 2.24) is 0 Å². The zero-order valence-electron chi connectivity index (χ0n) is 17.5. The Kier molecular flexibility index (Phi) is 12.4. The number of likely N-dealkylation sites (N-methyl/N-ethyl adjacent to an activating group) is 1. The summed E-state index contributed by atoms with van der Waals surface area (Å²) in [7, 11) is 4.29. The minimum Gasteiger partial charge on any atom is -0.494 e. The molecule has 0 atom stereocenters. The van der Waals surface area contributed by atoms with Gasteiger partial charge in [0.15, 0.2) is 0 Å². The molecule has 0 saturated heterocycles. The second kappa shape index (κ2) is 14.1. The van der Waals surface area contributed by atoms with Gasteiger partial charge in [-0.1, -0.05) is 64.7 Å². The number of aliphatic hydroxyl groups excluding tert-OH is 1. The van der Waals surface area contributed by atoms with Crippen LogP contribution in [0.5, 0.6) is 5.75 Å². The third kappa shape index (κ3) is 11.5. The van der Waals surface area contributed by atoms with Gasteiger partial charge in [0.1, 0.15) is 18.8 Å². The van der Waals surface area contributed by atoms with Crippen molar-refractivity contribution in [2.24, 2.45) is 0 Å². The molecule has 0 amide bonds. The third-order valence-electron chi connectivity index (χ3n) is 5.01. The summed E-state index contributed by atoms with van der Waals surface area (Å²) in [6, 6.07) is 8.44. The molecule has 1 aromatic rings. The second-order valence-electron chi connectivity index (χ2n) is 8.22. The van der Waals surface area contributed by atoms with Gasteiger partial charge < -0.3 is 14.3 Å². The highest BCUT2D eigenvalue weighted by Crippen LogP contribution is 2.16. The molecule has 3 heteroatoms. The largest absolute Gasteiger partial charge is 0.494 e. The fourth-order valence-electron chi connectivity index (χ4n) is 3.31. The van der Waals surface area contributed by atoms with E-state index in [0.717, 1.165) is 36.3 Å². The normalized spacial score (nSPS) is 11.7. The van der Waals surface area contributed by atoms with Gasteiger partial charge in [0, 0.05) is 5.56 Å². The molecule has 0 heterocycles. The van der Waals surface area contributed by atoms with Crippen molar-refractivity contribution < 1.29 is 14.3 Å². The Morgan fingerprint density at radius 3 is 1.88 bits per heavy atom. The summed E-state index contributed by atoms with van der Waals surface area (Å²) in [5.41, 5.74) is 1.29. The highest BCUT2D eigenvalue weighted by molar-refractivity contribution is 5.26. The summed E-state index contributed by atoms with van der Waals surface area (Å²) in [6.07, 6.45) is 13.5. The van der Waals surface area contributed by atoms with Crippen LogP contribution >= 0.6 is 0 Å². The lowest BCUT2D eigenvalue weighted by molar-refractivity contribution is -0.903. The van der Waals surface area contributed by atoms with Gasteiger partial charge in [-0.25, -0.2) is 0 Å². The van der Waals surface area contributed by atoms with Crippen LogP contribution in [0.15, 0.2) is 24.3 Å². The lowest BCUT2D eigenvalue weighted by Gasteiger charge is -2.29. The molecular formula is C23H42NO2+. The van der Waals surface area contributed by atoms with Crippen molar-refractivity contribution in [3.05, 3.63) is 29.8 Å². The van der Waals surface area contributed by atoms with E-state index in [1.807, 2.05) is 0 Å². The number of aliphatic hydroxyl groups is 1. The first-order valence-corrected chi connectivity index (χ1v) is 10.7. The molecule has 0 bridgehead atoms. The van der Waals surface area contributed by atoms with Crippen LogP contribution in [0.3, 0.4) is 0 Å². The topological polar surface area (TPSA) is 29.5 Å². The first kappa shape index (κ1) is 23.0. The molecule has 1 rings (SSSR count). The van der Waals surface area contributed by atoms with Crippen molar-refractivity contribution in [3.8, 4) is 5.75 Å². The van der Waals surface area contributed by atoms with E-state index in [1.165, 1.54) is 63.4 Å². The van der Waals surface area contributed by atoms with Crippen molar-refractivity contribution >= 4 is 0 Å². The van der Waals surface area contributed by atoms with E-state index in [9.17, 15) is 0 Å². The van der Waals surface area contributed by atoms with Crippen LogP contribution in [0.25, 0.3) is 0 Å². The highest BCUT2D eigenvalue weighted by atomic mass is 16.5. The van der Waals surface area contributed by atoms with Crippen LogP contribution in [0.1, 0.15) is 76.7 Å². The number of unbranched alkanes of at least 4 members (excludes halogenated alkanes) is 9. The molecule has 150 valence electrons. The molecular weight excluding hydrogens is 322 g/mol. The van der Waals surface area contributed by atoms with Crippen LogP contribution in [0.4, 0.5) is 0 Å². The van der Waals surface area contributed by atoms with E-state index in [2.05, 4.69) is 45.3 Å². The van der Waals surface area contributed by atoms with Crippen LogP contribution < -0.4 is 4.74 Å². The smallest absolute Gasteiger partial charge is 0.119 e. The van der Waals surface area contributed by atoms with Crippen molar-refractivity contribution in [2.75, 3.05) is 33.9 Å². The van der Waals surface area contributed by atoms with E-state index in [1.54, 1.807) is 0 Å². The summed E-state index contributed by atoms with van der Waals surface area (Å²) in [5, 5.41) is 9.12. The SMILES string of the molecule is CCCCCCCCCCCCOc1ccc(C[N+](C)(C)CCO)cc1. The third-order valence-corrected chi connectivity index (χ3v) is 5.01. The first-order chi connectivity index (χ1) is 12.6. The molecule has 1 N–H and O–H groups in total. The average Bonchev–Trinajstić information content (AvgIpc) is 2.60. The van der Waals surface area contributed by atoms with Crippen LogP contribution in [0.2, 0.25) is 0 Å². The summed E-state index contributed by atoms with van der Waals surface area (Å²) < 4.78 is 6.67. The molecule has 0 saturated carbocycles. The lowest BCUT2D eigenvalue weighted by atomic mass is 10.1. The molecule has 0 spiro atoms. The van der Waals surface area contributed by atoms with E-state index in [-0.39, 0.29) is 6.61 Å². The van der Waals surface area contributed by atoms with Crippen LogP contribution in [-0.2, 0) is 6.54 Å². The Morgan fingerprint density at radius 2 is 1.35 bits per heavy atom. The monoisotopic (exact) mass is 364 g/mol. The minimum absolute atomic E-state index is 0.229. The van der Waals surface area contributed by atoms with Gasteiger partial charge in [-0.2, -0.15) is 0 Å². The Hall–Kier alpha value is -1.06. The number of ether oxygens (including phenoxy) is 1. The number of rotatable bonds is 16. The molecule has 0 fully saturated rings. The molecule has 0 aliphatic heterocycles. The van der Waals surface area contributed by atoms with Gasteiger partial charge >= 0.3 is 0 Å². The Bertz CT molecular complexity index is 442. The van der Waals surface area contributed by atoms with Crippen molar-refractivity contribution in [3.63, 3.8) is 0 Å². The number of quaternary nitrogens is 1. The van der Waals surface area contributed by atoms with Gasteiger partial charge in [0.25, 0.3) is 0 Å². The maximum Gasteiger partial charge on any atom is 0.119 e. The maximum absolute atomic E-state index is 9.12. The molecule has 1 aromatic carbocycles. The van der Waals surface area contributed by atoms with E-state index < -0.39 is 0 Å². The zero-order valence-corrected chi connectivity index (χ0v) is 17.5. The summed E-state index contributed by atoms with van der Waals surface area (Å²) in [4.78, 5) is 0. The van der Waals surface area contributed by atoms with Crippen molar-refractivity contribution in [1.29, 1.82) is 0 Å². The fourth-order valence-corrected chi connectivity index (χ4v) is 3.31. The minimum atomic E-state index is 0.229. The molecule has 3 nitrogen and oxygen atoms in total. The molecule has 0 unspecified atom stereocenters. The van der Waals surface area contributed by atoms with E-state index in [4.69, 9.17) is 9.84 Å². The van der Waals surface area contributed by atoms with E-state index in [0.29, 0.717) is 0 Å². The van der Waals surface area contributed by atoms with Crippen LogP contribution in [0, 0.1) is 0 Å². The Morgan fingerprint density at radius 1 is 0.808 bits per heavy atom. The molecule has 26 heavy (non-hydrogen) atoms. The fraction of sp³-hybridized carbons (Fsp3) is 0.739. The summed E-state index contributed by atoms with van der Waals surface area (Å²) in [6.45, 7) is 5.03. The summed E-state index contributed by atoms with van der Waals surface area (Å²) in [5.74, 6) is 0.970. The van der Waals surface area contributed by atoms with Gasteiger partial charge in [0.05, 0.1) is 27.3 Å². The first-order valence-electron chi connectivity index (χ1n) is 10.7. The predicted octanol–water partition coefficient (Wildman–Crippen LogP) is 5.56. The second-order valence-corrected chi connectivity index (χ2v) is 8.22. The van der Waals surface area contributed by atoms with Gasteiger partial charge in [-0.3, -0.25) is 0 Å². The number of nitrogens with zero attached hydrogens (tertiary/aromatic N) is 1. The molecule has 0 aliphatic rings. The highest BCUT2D eigenvalue weighted by Gasteiger charge is 2.14. The zero-order chi connectivity index (χ0) is 19.1. The maximum atomic E-state index is 9.12. The van der Waals surface area contributed by atoms with Gasteiger partial charge in [-0.15, -0.1) is 0 Å². The molecule has 0 radical (unpaired) electrons. The quantitative estimate of drug-likeness (QED) is 0.307. The predicted molar refractivity (Wildman–Crippen MR) is 112 cm³/mol. The number of hydrogen-bond donors (Lipinski definition) is 1. The van der Waals surface area contributed by atoms with Gasteiger partial charge in [0.2, 0.25) is 0 Å².